The lowest BCUT2D eigenvalue weighted by Crippen LogP contribution is -2.37. The van der Waals surface area contributed by atoms with Gasteiger partial charge in [-0.1, -0.05) is 12.1 Å². The van der Waals surface area contributed by atoms with Crippen molar-refractivity contribution in [2.75, 3.05) is 20.8 Å². The van der Waals surface area contributed by atoms with Gasteiger partial charge in [0.25, 0.3) is 0 Å². The van der Waals surface area contributed by atoms with Crippen LogP contribution in [-0.4, -0.2) is 36.3 Å². The van der Waals surface area contributed by atoms with Gasteiger partial charge in [0.1, 0.15) is 17.3 Å². The van der Waals surface area contributed by atoms with Crippen molar-refractivity contribution in [3.63, 3.8) is 0 Å². The van der Waals surface area contributed by atoms with Crippen LogP contribution >= 0.6 is 0 Å². The van der Waals surface area contributed by atoms with Crippen LogP contribution in [0, 0.1) is 0 Å². The molecule has 0 saturated heterocycles. The zero-order valence-electron chi connectivity index (χ0n) is 16.8. The van der Waals surface area contributed by atoms with Gasteiger partial charge in [0.05, 0.1) is 38.3 Å². The second kappa shape index (κ2) is 9.12. The van der Waals surface area contributed by atoms with Gasteiger partial charge >= 0.3 is 0 Å². The van der Waals surface area contributed by atoms with E-state index in [1.165, 1.54) is 0 Å². The van der Waals surface area contributed by atoms with Gasteiger partial charge in [-0.2, -0.15) is 0 Å². The molecule has 0 atom stereocenters. The molecule has 1 aromatic heterocycles. The van der Waals surface area contributed by atoms with E-state index < -0.39 is 0 Å². The number of methoxy groups -OCH3 is 2. The first-order valence-corrected chi connectivity index (χ1v) is 9.29. The third-order valence-corrected chi connectivity index (χ3v) is 4.54. The molecule has 7 heteroatoms. The standard InChI is InChI=1S/C21H27N5O2/c1-5-22-21(23-13-15-10-11-16(27-3)12-19(15)28-4)24-14-20-25-17-8-6-7-9-18(17)26(20)2/h6-12H,5,13-14H2,1-4H3,(H2,22,23,24). The van der Waals surface area contributed by atoms with Crippen LogP contribution in [0.3, 0.4) is 0 Å². The summed E-state index contributed by atoms with van der Waals surface area (Å²) in [5, 5.41) is 6.63. The first-order chi connectivity index (χ1) is 13.7. The van der Waals surface area contributed by atoms with E-state index in [4.69, 9.17) is 14.5 Å². The minimum absolute atomic E-state index is 0.491. The molecule has 3 rings (SSSR count). The Kier molecular flexibility index (Phi) is 6.37. The number of fused-ring (bicyclic) bond motifs is 1. The Balaban J connectivity index is 1.73. The number of guanidine groups is 1. The topological polar surface area (TPSA) is 72.7 Å². The Bertz CT molecular complexity index is 965. The maximum absolute atomic E-state index is 5.46. The van der Waals surface area contributed by atoms with Crippen molar-refractivity contribution in [2.24, 2.45) is 12.0 Å². The summed E-state index contributed by atoms with van der Waals surface area (Å²) < 4.78 is 12.8. The van der Waals surface area contributed by atoms with Crippen molar-refractivity contribution >= 4 is 17.0 Å². The van der Waals surface area contributed by atoms with Crippen molar-refractivity contribution in [1.82, 2.24) is 20.2 Å². The Morgan fingerprint density at radius 3 is 2.64 bits per heavy atom. The fourth-order valence-electron chi connectivity index (χ4n) is 3.00. The zero-order chi connectivity index (χ0) is 19.9. The molecule has 0 aliphatic carbocycles. The van der Waals surface area contributed by atoms with Crippen molar-refractivity contribution in [2.45, 2.75) is 20.0 Å². The van der Waals surface area contributed by atoms with Gasteiger partial charge in [0.15, 0.2) is 5.96 Å². The molecule has 0 unspecified atom stereocenters. The van der Waals surface area contributed by atoms with Crippen LogP contribution < -0.4 is 20.1 Å². The molecule has 0 aliphatic heterocycles. The number of rotatable bonds is 7. The highest BCUT2D eigenvalue weighted by atomic mass is 16.5. The number of hydrogen-bond acceptors (Lipinski definition) is 4. The van der Waals surface area contributed by atoms with Crippen LogP contribution in [0.4, 0.5) is 0 Å². The monoisotopic (exact) mass is 381 g/mol. The second-order valence-corrected chi connectivity index (χ2v) is 6.30. The number of hydrogen-bond donors (Lipinski definition) is 2. The Morgan fingerprint density at radius 1 is 1.11 bits per heavy atom. The largest absolute Gasteiger partial charge is 0.497 e. The summed E-state index contributed by atoms with van der Waals surface area (Å²) in [4.78, 5) is 9.38. The Labute approximate surface area is 165 Å². The summed E-state index contributed by atoms with van der Waals surface area (Å²) in [6.45, 7) is 3.89. The Morgan fingerprint density at radius 2 is 1.93 bits per heavy atom. The van der Waals surface area contributed by atoms with Crippen LogP contribution in [0.25, 0.3) is 11.0 Å². The number of nitrogens with one attached hydrogen (secondary N) is 2. The molecule has 1 heterocycles. The van der Waals surface area contributed by atoms with Gasteiger partial charge in [-0.25, -0.2) is 9.98 Å². The van der Waals surface area contributed by atoms with Crippen LogP contribution in [0.15, 0.2) is 47.5 Å². The number of nitrogens with zero attached hydrogens (tertiary/aromatic N) is 3. The molecule has 0 aliphatic rings. The lowest BCUT2D eigenvalue weighted by molar-refractivity contribution is 0.391. The lowest BCUT2D eigenvalue weighted by Gasteiger charge is -2.13. The van der Waals surface area contributed by atoms with Crippen LogP contribution in [-0.2, 0) is 20.1 Å². The van der Waals surface area contributed by atoms with Gasteiger partial charge in [-0.3, -0.25) is 0 Å². The minimum Gasteiger partial charge on any atom is -0.497 e. The molecule has 148 valence electrons. The molecule has 2 aromatic carbocycles. The van der Waals surface area contributed by atoms with E-state index in [0.717, 1.165) is 46.4 Å². The highest BCUT2D eigenvalue weighted by Gasteiger charge is 2.09. The molecule has 0 amide bonds. The van der Waals surface area contributed by atoms with Gasteiger partial charge in [0, 0.05) is 25.2 Å². The summed E-state index contributed by atoms with van der Waals surface area (Å²) >= 11 is 0. The van der Waals surface area contributed by atoms with Crippen molar-refractivity contribution in [3.05, 3.63) is 53.9 Å². The molecule has 0 bridgehead atoms. The van der Waals surface area contributed by atoms with Crippen LogP contribution in [0.2, 0.25) is 0 Å². The molecular weight excluding hydrogens is 354 g/mol. The summed E-state index contributed by atoms with van der Waals surface area (Å²) in [6, 6.07) is 13.9. The van der Waals surface area contributed by atoms with Crippen molar-refractivity contribution in [1.29, 1.82) is 0 Å². The smallest absolute Gasteiger partial charge is 0.191 e. The highest BCUT2D eigenvalue weighted by molar-refractivity contribution is 5.80. The number of benzene rings is 2. The molecule has 3 aromatic rings. The summed E-state index contributed by atoms with van der Waals surface area (Å²) in [5.74, 6) is 3.20. The van der Waals surface area contributed by atoms with Crippen molar-refractivity contribution in [3.8, 4) is 11.5 Å². The normalized spacial score (nSPS) is 11.5. The molecule has 0 radical (unpaired) electrons. The summed E-state index contributed by atoms with van der Waals surface area (Å²) in [7, 11) is 5.32. The van der Waals surface area contributed by atoms with Gasteiger partial charge in [-0.05, 0) is 31.2 Å². The predicted octanol–water partition coefficient (Wildman–Crippen LogP) is 2.85. The molecule has 2 N–H and O–H groups in total. The Hall–Kier alpha value is -3.22. The third-order valence-electron chi connectivity index (χ3n) is 4.54. The van der Waals surface area contributed by atoms with E-state index in [9.17, 15) is 0 Å². The quantitative estimate of drug-likeness (QED) is 0.486. The third kappa shape index (κ3) is 4.36. The number of para-hydroxylation sites is 2. The summed E-state index contributed by atoms with van der Waals surface area (Å²) in [6.07, 6.45) is 0. The first-order valence-electron chi connectivity index (χ1n) is 9.29. The van der Waals surface area contributed by atoms with E-state index >= 15 is 0 Å². The first kappa shape index (κ1) is 19.5. The molecule has 28 heavy (non-hydrogen) atoms. The molecule has 0 saturated carbocycles. The van der Waals surface area contributed by atoms with E-state index in [1.54, 1.807) is 14.2 Å². The molecule has 0 fully saturated rings. The SMILES string of the molecule is CCNC(=NCc1ccc(OC)cc1OC)NCc1nc2ccccc2n1C. The number of ether oxygens (including phenoxy) is 2. The van der Waals surface area contributed by atoms with E-state index in [-0.39, 0.29) is 0 Å². The molecular formula is C21H27N5O2. The minimum atomic E-state index is 0.491. The van der Waals surface area contributed by atoms with Crippen LogP contribution in [0.5, 0.6) is 11.5 Å². The highest BCUT2D eigenvalue weighted by Crippen LogP contribution is 2.25. The van der Waals surface area contributed by atoms with Gasteiger partial charge in [-0.15, -0.1) is 0 Å². The van der Waals surface area contributed by atoms with Crippen LogP contribution in [0.1, 0.15) is 18.3 Å². The lowest BCUT2D eigenvalue weighted by atomic mass is 10.2. The molecule has 7 nitrogen and oxygen atoms in total. The average Bonchev–Trinajstić information content (AvgIpc) is 3.05. The maximum atomic E-state index is 5.46. The number of imidazole rings is 1. The average molecular weight is 381 g/mol. The number of aromatic nitrogens is 2. The number of aryl methyl sites for hydroxylation is 1. The van der Waals surface area contributed by atoms with Gasteiger partial charge in [0.2, 0.25) is 0 Å². The molecule has 0 spiro atoms. The fourth-order valence-corrected chi connectivity index (χ4v) is 3.00. The number of aliphatic imine (C=N–C) groups is 1. The zero-order valence-corrected chi connectivity index (χ0v) is 16.8. The fraction of sp³-hybridized carbons (Fsp3) is 0.333. The van der Waals surface area contributed by atoms with Crippen molar-refractivity contribution < 1.29 is 9.47 Å². The van der Waals surface area contributed by atoms with Gasteiger partial charge < -0.3 is 24.7 Å². The van der Waals surface area contributed by atoms with E-state index in [2.05, 4.69) is 26.3 Å². The van der Waals surface area contributed by atoms with E-state index in [0.29, 0.717) is 13.1 Å². The summed E-state index contributed by atoms with van der Waals surface area (Å²) in [5.41, 5.74) is 3.10. The van der Waals surface area contributed by atoms with E-state index in [1.807, 2.05) is 50.4 Å². The second-order valence-electron chi connectivity index (χ2n) is 6.30. The predicted molar refractivity (Wildman–Crippen MR) is 112 cm³/mol. The maximum Gasteiger partial charge on any atom is 0.191 e.